The van der Waals surface area contributed by atoms with Gasteiger partial charge in [-0.3, -0.25) is 0 Å². The zero-order valence-corrected chi connectivity index (χ0v) is 15.0. The van der Waals surface area contributed by atoms with Gasteiger partial charge >= 0.3 is 0 Å². The van der Waals surface area contributed by atoms with E-state index in [4.69, 9.17) is 4.74 Å². The minimum Gasteiger partial charge on any atom is -0.493 e. The summed E-state index contributed by atoms with van der Waals surface area (Å²) in [4.78, 5) is 0. The lowest BCUT2D eigenvalue weighted by molar-refractivity contribution is 0.316. The fraction of sp³-hybridized carbons (Fsp3) is 0.294. The molecule has 1 atom stereocenters. The van der Waals surface area contributed by atoms with E-state index in [0.29, 0.717) is 0 Å². The van der Waals surface area contributed by atoms with Crippen LogP contribution in [0.3, 0.4) is 0 Å². The van der Waals surface area contributed by atoms with E-state index in [1.807, 2.05) is 0 Å². The zero-order chi connectivity index (χ0) is 14.8. The van der Waals surface area contributed by atoms with Crippen molar-refractivity contribution in [2.24, 2.45) is 0 Å². The van der Waals surface area contributed by atoms with E-state index in [-0.39, 0.29) is 6.04 Å². The summed E-state index contributed by atoms with van der Waals surface area (Å²) in [6, 6.07) is 12.9. The van der Waals surface area contributed by atoms with Crippen molar-refractivity contribution in [3.05, 3.63) is 56.5 Å². The fourth-order valence-electron chi connectivity index (χ4n) is 2.62. The average Bonchev–Trinajstić information content (AvgIpc) is 2.64. The summed E-state index contributed by atoms with van der Waals surface area (Å²) in [5.74, 6) is 0.975. The number of nitrogens with one attached hydrogen (secondary N) is 1. The van der Waals surface area contributed by atoms with Gasteiger partial charge < -0.3 is 10.1 Å². The number of hydrogen-bond donors (Lipinski definition) is 1. The Labute approximate surface area is 142 Å². The van der Waals surface area contributed by atoms with Crippen molar-refractivity contribution >= 4 is 37.5 Å². The topological polar surface area (TPSA) is 21.3 Å². The minimum absolute atomic E-state index is 0.273. The molecule has 0 radical (unpaired) electrons. The zero-order valence-electron chi connectivity index (χ0n) is 11.8. The maximum Gasteiger partial charge on any atom is 0.125 e. The molecule has 0 saturated carbocycles. The molecule has 110 valence electrons. The predicted molar refractivity (Wildman–Crippen MR) is 94.1 cm³/mol. The van der Waals surface area contributed by atoms with E-state index in [1.165, 1.54) is 11.1 Å². The second-order valence-electron chi connectivity index (χ2n) is 5.35. The van der Waals surface area contributed by atoms with Crippen LogP contribution in [-0.2, 0) is 0 Å². The standard InChI is InChI=1S/C17H17Br2NO/c1-11-4-7-16(14(19)9-11)20-15-3-2-8-21-17-10-12(18)5-6-13(15)17/h4-7,9-10,15,20H,2-3,8H2,1H3. The highest BCUT2D eigenvalue weighted by Gasteiger charge is 2.20. The van der Waals surface area contributed by atoms with Crippen molar-refractivity contribution in [3.63, 3.8) is 0 Å². The first-order valence-corrected chi connectivity index (χ1v) is 8.67. The van der Waals surface area contributed by atoms with E-state index in [2.05, 4.69) is 80.5 Å². The smallest absolute Gasteiger partial charge is 0.125 e. The lowest BCUT2D eigenvalue weighted by Gasteiger charge is -2.21. The number of rotatable bonds is 2. The number of aryl methyl sites for hydroxylation is 1. The number of benzene rings is 2. The lowest BCUT2D eigenvalue weighted by Crippen LogP contribution is -2.10. The fourth-order valence-corrected chi connectivity index (χ4v) is 3.57. The molecule has 1 N–H and O–H groups in total. The van der Waals surface area contributed by atoms with Crippen LogP contribution in [0.4, 0.5) is 5.69 Å². The molecule has 1 heterocycles. The number of hydrogen-bond acceptors (Lipinski definition) is 2. The molecule has 0 fully saturated rings. The molecule has 1 aliphatic heterocycles. The molecule has 0 spiro atoms. The maximum atomic E-state index is 5.86. The quantitative estimate of drug-likeness (QED) is 0.670. The summed E-state index contributed by atoms with van der Waals surface area (Å²) in [6.07, 6.45) is 2.11. The van der Waals surface area contributed by atoms with Gasteiger partial charge in [-0.15, -0.1) is 0 Å². The van der Waals surface area contributed by atoms with Crippen molar-refractivity contribution in [2.75, 3.05) is 11.9 Å². The molecule has 2 aromatic carbocycles. The van der Waals surface area contributed by atoms with Crippen molar-refractivity contribution in [1.82, 2.24) is 0 Å². The molecule has 0 bridgehead atoms. The molecule has 0 saturated heterocycles. The van der Waals surface area contributed by atoms with Crippen LogP contribution in [0.25, 0.3) is 0 Å². The van der Waals surface area contributed by atoms with Gasteiger partial charge in [-0.05, 0) is 65.5 Å². The molecule has 1 aliphatic rings. The Kier molecular flexibility index (Phi) is 4.55. The van der Waals surface area contributed by atoms with Gasteiger partial charge in [0.2, 0.25) is 0 Å². The van der Waals surface area contributed by atoms with E-state index >= 15 is 0 Å². The van der Waals surface area contributed by atoms with Crippen LogP contribution in [0.1, 0.15) is 30.0 Å². The predicted octanol–water partition coefficient (Wildman–Crippen LogP) is 5.85. The van der Waals surface area contributed by atoms with Crippen molar-refractivity contribution in [1.29, 1.82) is 0 Å². The van der Waals surface area contributed by atoms with Crippen LogP contribution < -0.4 is 10.1 Å². The second-order valence-corrected chi connectivity index (χ2v) is 7.12. The number of fused-ring (bicyclic) bond motifs is 1. The highest BCUT2D eigenvalue weighted by molar-refractivity contribution is 9.10. The number of halogens is 2. The molecule has 4 heteroatoms. The van der Waals surface area contributed by atoms with E-state index < -0.39 is 0 Å². The summed E-state index contributed by atoms with van der Waals surface area (Å²) in [5, 5.41) is 3.65. The number of ether oxygens (including phenoxy) is 1. The van der Waals surface area contributed by atoms with Gasteiger partial charge in [0, 0.05) is 20.2 Å². The third kappa shape index (κ3) is 3.43. The molecule has 0 amide bonds. The maximum absolute atomic E-state index is 5.86. The molecule has 3 rings (SSSR count). The Morgan fingerprint density at radius 2 is 2.00 bits per heavy atom. The molecule has 1 unspecified atom stereocenters. The molecular weight excluding hydrogens is 394 g/mol. The largest absolute Gasteiger partial charge is 0.493 e. The summed E-state index contributed by atoms with van der Waals surface area (Å²) >= 11 is 7.16. The summed E-state index contributed by atoms with van der Waals surface area (Å²) < 4.78 is 8.02. The lowest BCUT2D eigenvalue weighted by atomic mass is 10.0. The van der Waals surface area contributed by atoms with Gasteiger partial charge in [0.1, 0.15) is 5.75 Å². The Morgan fingerprint density at radius 1 is 1.14 bits per heavy atom. The normalized spacial score (nSPS) is 17.6. The minimum atomic E-state index is 0.273. The highest BCUT2D eigenvalue weighted by atomic mass is 79.9. The first kappa shape index (κ1) is 14.9. The summed E-state index contributed by atoms with van der Waals surface area (Å²) in [6.45, 7) is 2.87. The van der Waals surface area contributed by atoms with Crippen molar-refractivity contribution < 1.29 is 4.74 Å². The molecular formula is C17H17Br2NO. The van der Waals surface area contributed by atoms with Crippen molar-refractivity contribution in [3.8, 4) is 5.75 Å². The Bertz CT molecular complexity index is 657. The summed E-state index contributed by atoms with van der Waals surface area (Å²) in [7, 11) is 0. The van der Waals surface area contributed by atoms with Crippen LogP contribution in [-0.4, -0.2) is 6.61 Å². The Balaban J connectivity index is 1.92. The highest BCUT2D eigenvalue weighted by Crippen LogP contribution is 2.37. The Morgan fingerprint density at radius 3 is 2.81 bits per heavy atom. The number of anilines is 1. The third-order valence-corrected chi connectivity index (χ3v) is 4.85. The first-order chi connectivity index (χ1) is 10.1. The Hall–Kier alpha value is -1.000. The van der Waals surface area contributed by atoms with Crippen LogP contribution in [0, 0.1) is 6.92 Å². The molecule has 0 aliphatic carbocycles. The average molecular weight is 411 g/mol. The van der Waals surface area contributed by atoms with Crippen LogP contribution in [0.2, 0.25) is 0 Å². The first-order valence-electron chi connectivity index (χ1n) is 7.08. The van der Waals surface area contributed by atoms with E-state index in [0.717, 1.165) is 39.8 Å². The van der Waals surface area contributed by atoms with Crippen molar-refractivity contribution in [2.45, 2.75) is 25.8 Å². The SMILES string of the molecule is Cc1ccc(NC2CCCOc3cc(Br)ccc32)c(Br)c1. The van der Waals surface area contributed by atoms with Gasteiger partial charge in [0.15, 0.2) is 0 Å². The van der Waals surface area contributed by atoms with Gasteiger partial charge in [-0.25, -0.2) is 0 Å². The van der Waals surface area contributed by atoms with Gasteiger partial charge in [0.05, 0.1) is 12.6 Å². The molecule has 2 nitrogen and oxygen atoms in total. The van der Waals surface area contributed by atoms with Gasteiger partial charge in [0.25, 0.3) is 0 Å². The van der Waals surface area contributed by atoms with Crippen LogP contribution in [0.5, 0.6) is 5.75 Å². The second kappa shape index (κ2) is 6.41. The van der Waals surface area contributed by atoms with Gasteiger partial charge in [-0.2, -0.15) is 0 Å². The molecule has 0 aromatic heterocycles. The monoisotopic (exact) mass is 409 g/mol. The van der Waals surface area contributed by atoms with Crippen LogP contribution >= 0.6 is 31.9 Å². The third-order valence-electron chi connectivity index (χ3n) is 3.70. The van der Waals surface area contributed by atoms with E-state index in [1.54, 1.807) is 0 Å². The van der Waals surface area contributed by atoms with Crippen LogP contribution in [0.15, 0.2) is 45.3 Å². The molecule has 21 heavy (non-hydrogen) atoms. The summed E-state index contributed by atoms with van der Waals surface area (Å²) in [5.41, 5.74) is 3.60. The van der Waals surface area contributed by atoms with Gasteiger partial charge in [-0.1, -0.05) is 28.1 Å². The van der Waals surface area contributed by atoms with E-state index in [9.17, 15) is 0 Å². The molecule has 2 aromatic rings.